The summed E-state index contributed by atoms with van der Waals surface area (Å²) in [6.07, 6.45) is 1.61. The molecule has 4 N–H and O–H groups in total. The molecule has 1 aliphatic heterocycles. The Morgan fingerprint density at radius 2 is 1.81 bits per heavy atom. The maximum Gasteiger partial charge on any atom is 0.251 e. The molecule has 2 rings (SSSR count). The quantitative estimate of drug-likeness (QED) is 0.657. The van der Waals surface area contributed by atoms with Crippen LogP contribution in [0.15, 0.2) is 16.9 Å². The minimum atomic E-state index is -0.494. The van der Waals surface area contributed by atoms with Gasteiger partial charge in [0, 0.05) is 29.3 Å². The van der Waals surface area contributed by atoms with Gasteiger partial charge in [-0.15, -0.1) is 0 Å². The van der Waals surface area contributed by atoms with Gasteiger partial charge in [-0.1, -0.05) is 0 Å². The normalized spacial score (nSPS) is 21.0. The summed E-state index contributed by atoms with van der Waals surface area (Å²) in [5.74, 6) is -0.645. The molecule has 1 saturated heterocycles. The molecule has 1 amide bonds. The fourth-order valence-corrected chi connectivity index (χ4v) is 3.35. The summed E-state index contributed by atoms with van der Waals surface area (Å²) in [4.78, 5) is 25.8. The van der Waals surface area contributed by atoms with Gasteiger partial charge >= 0.3 is 0 Å². The Labute approximate surface area is 124 Å². The maximum atomic E-state index is 12.2. The monoisotopic (exact) mass is 293 g/mol. The van der Waals surface area contributed by atoms with Gasteiger partial charge in [-0.3, -0.25) is 14.6 Å². The molecule has 1 aliphatic rings. The zero-order chi connectivity index (χ0) is 15.8. The van der Waals surface area contributed by atoms with Crippen molar-refractivity contribution < 1.29 is 9.90 Å². The Bertz CT molecular complexity index is 588. The Morgan fingerprint density at radius 3 is 2.33 bits per heavy atom. The molecule has 0 atom stereocenters. The van der Waals surface area contributed by atoms with E-state index in [0.717, 1.165) is 12.8 Å². The van der Waals surface area contributed by atoms with Crippen LogP contribution < -0.4 is 16.2 Å². The average molecular weight is 293 g/mol. The van der Waals surface area contributed by atoms with E-state index in [9.17, 15) is 14.7 Å². The second-order valence-corrected chi connectivity index (χ2v) is 7.09. The van der Waals surface area contributed by atoms with Crippen LogP contribution >= 0.6 is 0 Å². The van der Waals surface area contributed by atoms with Crippen molar-refractivity contribution in [3.05, 3.63) is 28.0 Å². The molecular formula is C15H23N3O3. The minimum absolute atomic E-state index is 0.0187. The van der Waals surface area contributed by atoms with E-state index in [0.29, 0.717) is 0 Å². The molecule has 116 valence electrons. The van der Waals surface area contributed by atoms with Crippen LogP contribution in [0.4, 0.5) is 0 Å². The van der Waals surface area contributed by atoms with Crippen LogP contribution in [0.2, 0.25) is 0 Å². The van der Waals surface area contributed by atoms with Gasteiger partial charge in [0.25, 0.3) is 11.5 Å². The van der Waals surface area contributed by atoms with Crippen molar-refractivity contribution in [2.75, 3.05) is 0 Å². The summed E-state index contributed by atoms with van der Waals surface area (Å²) < 4.78 is 0. The Kier molecular flexibility index (Phi) is 3.84. The molecule has 0 aliphatic carbocycles. The van der Waals surface area contributed by atoms with E-state index < -0.39 is 5.56 Å². The molecule has 0 aromatic carbocycles. The third kappa shape index (κ3) is 4.07. The second-order valence-electron chi connectivity index (χ2n) is 7.09. The fourth-order valence-electron chi connectivity index (χ4n) is 3.35. The van der Waals surface area contributed by atoms with Crippen LogP contribution in [0, 0.1) is 0 Å². The standard InChI is InChI=1S/C15H23N3O3/c1-14(2)7-10(8-15(3,4)18-14)16-13(21)9-5-11(19)17-12(20)6-9/h5-6,10,18H,7-8H2,1-4H3,(H,16,21)(H2,17,19,20). The Morgan fingerprint density at radius 1 is 1.24 bits per heavy atom. The number of carbonyl (C=O) groups excluding carboxylic acids is 1. The van der Waals surface area contributed by atoms with Gasteiger partial charge in [0.15, 0.2) is 5.88 Å². The summed E-state index contributed by atoms with van der Waals surface area (Å²) in [6, 6.07) is 2.46. The van der Waals surface area contributed by atoms with E-state index >= 15 is 0 Å². The van der Waals surface area contributed by atoms with Gasteiger partial charge in [-0.05, 0) is 40.5 Å². The first-order valence-electron chi connectivity index (χ1n) is 7.10. The van der Waals surface area contributed by atoms with Crippen molar-refractivity contribution in [3.8, 4) is 5.88 Å². The van der Waals surface area contributed by atoms with Crippen molar-refractivity contribution in [1.29, 1.82) is 0 Å². The number of rotatable bonds is 2. The van der Waals surface area contributed by atoms with E-state index in [1.54, 1.807) is 0 Å². The molecule has 21 heavy (non-hydrogen) atoms. The van der Waals surface area contributed by atoms with Crippen molar-refractivity contribution in [2.45, 2.75) is 57.7 Å². The van der Waals surface area contributed by atoms with E-state index in [1.165, 1.54) is 12.1 Å². The maximum absolute atomic E-state index is 12.2. The van der Waals surface area contributed by atoms with Crippen LogP contribution in [-0.2, 0) is 0 Å². The molecule has 1 aromatic heterocycles. The number of amides is 1. The number of pyridine rings is 1. The summed E-state index contributed by atoms with van der Waals surface area (Å²) in [7, 11) is 0. The molecule has 0 bridgehead atoms. The van der Waals surface area contributed by atoms with Crippen LogP contribution in [0.1, 0.15) is 50.9 Å². The van der Waals surface area contributed by atoms with Gasteiger partial charge < -0.3 is 15.7 Å². The summed E-state index contributed by atoms with van der Waals surface area (Å²) in [5.41, 5.74) is -0.470. The smallest absolute Gasteiger partial charge is 0.251 e. The highest BCUT2D eigenvalue weighted by molar-refractivity contribution is 5.94. The number of aromatic amines is 1. The summed E-state index contributed by atoms with van der Waals surface area (Å²) in [6.45, 7) is 8.41. The molecule has 6 nitrogen and oxygen atoms in total. The first-order chi connectivity index (χ1) is 9.56. The Balaban J connectivity index is 2.13. The van der Waals surface area contributed by atoms with Crippen molar-refractivity contribution in [2.24, 2.45) is 0 Å². The minimum Gasteiger partial charge on any atom is -0.494 e. The highest BCUT2D eigenvalue weighted by Crippen LogP contribution is 2.28. The lowest BCUT2D eigenvalue weighted by Crippen LogP contribution is -2.62. The zero-order valence-electron chi connectivity index (χ0n) is 12.9. The second kappa shape index (κ2) is 5.18. The highest BCUT2D eigenvalue weighted by Gasteiger charge is 2.38. The third-order valence-electron chi connectivity index (χ3n) is 3.62. The average Bonchev–Trinajstić information content (AvgIpc) is 2.22. The van der Waals surface area contributed by atoms with E-state index in [4.69, 9.17) is 0 Å². The molecule has 1 fully saturated rings. The van der Waals surface area contributed by atoms with Gasteiger partial charge in [0.2, 0.25) is 0 Å². The molecule has 0 radical (unpaired) electrons. The number of H-pyrrole nitrogens is 1. The van der Waals surface area contributed by atoms with Gasteiger partial charge in [0.05, 0.1) is 5.56 Å². The number of carbonyl (C=O) groups is 1. The number of hydrogen-bond acceptors (Lipinski definition) is 4. The van der Waals surface area contributed by atoms with Crippen molar-refractivity contribution >= 4 is 5.91 Å². The molecular weight excluding hydrogens is 270 g/mol. The van der Waals surface area contributed by atoms with E-state index in [1.807, 2.05) is 0 Å². The lowest BCUT2D eigenvalue weighted by atomic mass is 9.79. The molecule has 1 aromatic rings. The molecule has 0 spiro atoms. The molecule has 0 unspecified atom stereocenters. The van der Waals surface area contributed by atoms with Gasteiger partial charge in [0.1, 0.15) is 0 Å². The topological polar surface area (TPSA) is 94.2 Å². The largest absolute Gasteiger partial charge is 0.494 e. The van der Waals surface area contributed by atoms with E-state index in [-0.39, 0.29) is 34.5 Å². The predicted molar refractivity (Wildman–Crippen MR) is 80.5 cm³/mol. The third-order valence-corrected chi connectivity index (χ3v) is 3.62. The van der Waals surface area contributed by atoms with Crippen LogP contribution in [0.3, 0.4) is 0 Å². The number of nitrogens with one attached hydrogen (secondary N) is 3. The first kappa shape index (κ1) is 15.6. The lowest BCUT2D eigenvalue weighted by molar-refractivity contribution is 0.0872. The highest BCUT2D eigenvalue weighted by atomic mass is 16.3. The van der Waals surface area contributed by atoms with Gasteiger partial charge in [-0.25, -0.2) is 0 Å². The summed E-state index contributed by atoms with van der Waals surface area (Å²) >= 11 is 0. The van der Waals surface area contributed by atoms with Crippen LogP contribution in [0.5, 0.6) is 5.88 Å². The summed E-state index contributed by atoms with van der Waals surface area (Å²) in [5, 5.41) is 15.9. The number of hydrogen-bond donors (Lipinski definition) is 4. The first-order valence-corrected chi connectivity index (χ1v) is 7.10. The van der Waals surface area contributed by atoms with Crippen LogP contribution in [0.25, 0.3) is 0 Å². The Hall–Kier alpha value is -1.82. The number of aromatic hydroxyl groups is 1. The molecule has 2 heterocycles. The van der Waals surface area contributed by atoms with Crippen molar-refractivity contribution in [1.82, 2.24) is 15.6 Å². The van der Waals surface area contributed by atoms with E-state index in [2.05, 4.69) is 43.3 Å². The zero-order valence-corrected chi connectivity index (χ0v) is 12.9. The molecule has 6 heteroatoms. The van der Waals surface area contributed by atoms with Gasteiger partial charge in [-0.2, -0.15) is 0 Å². The SMILES string of the molecule is CC1(C)CC(NC(=O)c2cc(O)[nH]c(=O)c2)CC(C)(C)N1. The predicted octanol–water partition coefficient (Wildman–Crippen LogP) is 1.12. The fraction of sp³-hybridized carbons (Fsp3) is 0.600. The van der Waals surface area contributed by atoms with Crippen LogP contribution in [-0.4, -0.2) is 33.1 Å². The lowest BCUT2D eigenvalue weighted by Gasteiger charge is -2.46. The molecule has 0 saturated carbocycles. The van der Waals surface area contributed by atoms with Crippen molar-refractivity contribution in [3.63, 3.8) is 0 Å². The number of piperidine rings is 1. The number of aromatic nitrogens is 1.